The van der Waals surface area contributed by atoms with E-state index in [0.717, 1.165) is 30.5 Å². The van der Waals surface area contributed by atoms with Crippen molar-refractivity contribution >= 4 is 22.0 Å². The number of rotatable bonds is 4. The number of hydrogen-bond acceptors (Lipinski definition) is 1. The average molecular weight is 316 g/mol. The molecule has 0 aromatic heterocycles. The third-order valence-corrected chi connectivity index (χ3v) is 3.60. The molecule has 0 N–H and O–H groups in total. The first kappa shape index (κ1) is 13.7. The molecule has 4 heteroatoms. The fourth-order valence-electron chi connectivity index (χ4n) is 2.18. The summed E-state index contributed by atoms with van der Waals surface area (Å²) in [5.74, 6) is -0.209. The number of nitrogens with zero attached hydrogens (tertiary/aromatic N) is 1. The van der Waals surface area contributed by atoms with Gasteiger partial charge in [-0.3, -0.25) is 9.29 Å². The van der Waals surface area contributed by atoms with Crippen molar-refractivity contribution in [3.63, 3.8) is 0 Å². The second-order valence-corrected chi connectivity index (χ2v) is 5.45. The first-order valence-electron chi connectivity index (χ1n) is 6.12. The quantitative estimate of drug-likeness (QED) is 0.810. The summed E-state index contributed by atoms with van der Waals surface area (Å²) in [6.07, 6.45) is 3.44. The standard InChI is InChI=1S/C14H16BrF2N/c15-13-3-2-12(14(17)9-13)8-11-4-7-18(10-11)6-1-5-16/h2-3,8-9H,1,4-7,10H2/b11-8+. The minimum Gasteiger partial charge on any atom is -0.299 e. The molecule has 0 spiro atoms. The predicted molar refractivity (Wildman–Crippen MR) is 73.7 cm³/mol. The second-order valence-electron chi connectivity index (χ2n) is 4.54. The van der Waals surface area contributed by atoms with E-state index in [1.54, 1.807) is 6.07 Å². The van der Waals surface area contributed by atoms with Crippen LogP contribution >= 0.6 is 15.9 Å². The molecule has 1 aliphatic rings. The first-order valence-corrected chi connectivity index (χ1v) is 6.91. The van der Waals surface area contributed by atoms with Crippen LogP contribution in [-0.4, -0.2) is 31.2 Å². The molecule has 98 valence electrons. The van der Waals surface area contributed by atoms with Crippen LogP contribution < -0.4 is 0 Å². The Bertz CT molecular complexity index is 445. The SMILES string of the molecule is FCCCN1CC/C(=C\c2ccc(Br)cc2F)C1. The van der Waals surface area contributed by atoms with Crippen LogP contribution in [0.15, 0.2) is 28.2 Å². The summed E-state index contributed by atoms with van der Waals surface area (Å²) in [7, 11) is 0. The second kappa shape index (κ2) is 6.43. The molecule has 0 unspecified atom stereocenters. The highest BCUT2D eigenvalue weighted by Crippen LogP contribution is 2.22. The van der Waals surface area contributed by atoms with Gasteiger partial charge in [-0.1, -0.05) is 33.6 Å². The normalized spacial score (nSPS) is 18.7. The molecule has 1 heterocycles. The van der Waals surface area contributed by atoms with Crippen molar-refractivity contribution < 1.29 is 8.78 Å². The summed E-state index contributed by atoms with van der Waals surface area (Å²) in [6.45, 7) is 2.30. The van der Waals surface area contributed by atoms with Crippen LogP contribution in [0.5, 0.6) is 0 Å². The van der Waals surface area contributed by atoms with Crippen molar-refractivity contribution in [2.24, 2.45) is 0 Å². The maximum Gasteiger partial charge on any atom is 0.131 e. The predicted octanol–water partition coefficient (Wildman–Crippen LogP) is 4.04. The molecule has 1 nitrogen and oxygen atoms in total. The van der Waals surface area contributed by atoms with Gasteiger partial charge in [-0.15, -0.1) is 0 Å². The van der Waals surface area contributed by atoms with Crippen molar-refractivity contribution in [3.8, 4) is 0 Å². The van der Waals surface area contributed by atoms with E-state index >= 15 is 0 Å². The van der Waals surface area contributed by atoms with E-state index < -0.39 is 0 Å². The topological polar surface area (TPSA) is 3.24 Å². The van der Waals surface area contributed by atoms with Crippen molar-refractivity contribution in [1.82, 2.24) is 4.90 Å². The molecule has 2 rings (SSSR count). The van der Waals surface area contributed by atoms with Gasteiger partial charge >= 0.3 is 0 Å². The van der Waals surface area contributed by atoms with Crippen LogP contribution in [-0.2, 0) is 0 Å². The molecule has 0 amide bonds. The molecular weight excluding hydrogens is 300 g/mol. The van der Waals surface area contributed by atoms with Gasteiger partial charge in [-0.2, -0.15) is 0 Å². The molecule has 0 bridgehead atoms. The summed E-state index contributed by atoms with van der Waals surface area (Å²) in [5, 5.41) is 0. The molecule has 0 aliphatic carbocycles. The van der Waals surface area contributed by atoms with Gasteiger partial charge in [0.25, 0.3) is 0 Å². The maximum absolute atomic E-state index is 13.7. The third-order valence-electron chi connectivity index (χ3n) is 3.11. The Hall–Kier alpha value is -0.740. The zero-order valence-electron chi connectivity index (χ0n) is 10.1. The Morgan fingerprint density at radius 1 is 1.39 bits per heavy atom. The molecule has 1 saturated heterocycles. The monoisotopic (exact) mass is 315 g/mol. The van der Waals surface area contributed by atoms with Gasteiger partial charge in [0.15, 0.2) is 0 Å². The minimum atomic E-state index is -0.267. The zero-order chi connectivity index (χ0) is 13.0. The van der Waals surface area contributed by atoms with Crippen LogP contribution in [0, 0.1) is 5.82 Å². The Labute approximate surface area is 115 Å². The highest BCUT2D eigenvalue weighted by atomic mass is 79.9. The number of benzene rings is 1. The Kier molecular flexibility index (Phi) is 4.89. The fourth-order valence-corrected chi connectivity index (χ4v) is 2.51. The lowest BCUT2D eigenvalue weighted by atomic mass is 10.1. The lowest BCUT2D eigenvalue weighted by Gasteiger charge is -2.12. The number of alkyl halides is 1. The van der Waals surface area contributed by atoms with Crippen LogP contribution in [0.3, 0.4) is 0 Å². The Morgan fingerprint density at radius 2 is 2.22 bits per heavy atom. The zero-order valence-corrected chi connectivity index (χ0v) is 11.7. The van der Waals surface area contributed by atoms with Gasteiger partial charge in [0.1, 0.15) is 5.82 Å². The van der Waals surface area contributed by atoms with Gasteiger partial charge in [-0.25, -0.2) is 4.39 Å². The van der Waals surface area contributed by atoms with Crippen LogP contribution in [0.1, 0.15) is 18.4 Å². The fraction of sp³-hybridized carbons (Fsp3) is 0.429. The number of hydrogen-bond donors (Lipinski definition) is 0. The third kappa shape index (κ3) is 3.62. The smallest absolute Gasteiger partial charge is 0.131 e. The molecule has 0 atom stereocenters. The van der Waals surface area contributed by atoms with Gasteiger partial charge < -0.3 is 0 Å². The summed E-state index contributed by atoms with van der Waals surface area (Å²) < 4.78 is 26.5. The lowest BCUT2D eigenvalue weighted by molar-refractivity contribution is 0.317. The van der Waals surface area contributed by atoms with E-state index in [0.29, 0.717) is 12.0 Å². The van der Waals surface area contributed by atoms with Crippen LogP contribution in [0.2, 0.25) is 0 Å². The van der Waals surface area contributed by atoms with E-state index in [1.165, 1.54) is 11.6 Å². The van der Waals surface area contributed by atoms with Crippen LogP contribution in [0.25, 0.3) is 6.08 Å². The van der Waals surface area contributed by atoms with Gasteiger partial charge in [0, 0.05) is 29.7 Å². The highest BCUT2D eigenvalue weighted by Gasteiger charge is 2.16. The van der Waals surface area contributed by atoms with E-state index in [9.17, 15) is 8.78 Å². The molecule has 0 saturated carbocycles. The minimum absolute atomic E-state index is 0.209. The van der Waals surface area contributed by atoms with E-state index in [4.69, 9.17) is 0 Å². The van der Waals surface area contributed by atoms with Crippen molar-refractivity contribution in [1.29, 1.82) is 0 Å². The largest absolute Gasteiger partial charge is 0.299 e. The number of halogens is 3. The lowest BCUT2D eigenvalue weighted by Crippen LogP contribution is -2.20. The van der Waals surface area contributed by atoms with Gasteiger partial charge in [0.05, 0.1) is 6.67 Å². The number of likely N-dealkylation sites (tertiary alicyclic amines) is 1. The summed E-state index contributed by atoms with van der Waals surface area (Å²) in [6, 6.07) is 5.09. The Morgan fingerprint density at radius 3 is 2.94 bits per heavy atom. The van der Waals surface area contributed by atoms with Crippen LogP contribution in [0.4, 0.5) is 8.78 Å². The molecule has 1 aliphatic heterocycles. The molecule has 0 radical (unpaired) electrons. The van der Waals surface area contributed by atoms with E-state index in [-0.39, 0.29) is 12.5 Å². The van der Waals surface area contributed by atoms with Crippen molar-refractivity contribution in [2.75, 3.05) is 26.3 Å². The molecule has 18 heavy (non-hydrogen) atoms. The van der Waals surface area contributed by atoms with Gasteiger partial charge in [0.2, 0.25) is 0 Å². The molecule has 1 fully saturated rings. The highest BCUT2D eigenvalue weighted by molar-refractivity contribution is 9.10. The summed E-state index contributed by atoms with van der Waals surface area (Å²) in [4.78, 5) is 2.21. The van der Waals surface area contributed by atoms with Crippen molar-refractivity contribution in [2.45, 2.75) is 12.8 Å². The van der Waals surface area contributed by atoms with Crippen molar-refractivity contribution in [3.05, 3.63) is 39.6 Å². The maximum atomic E-state index is 13.7. The summed E-state index contributed by atoms with van der Waals surface area (Å²) >= 11 is 3.24. The van der Waals surface area contributed by atoms with E-state index in [1.807, 2.05) is 12.1 Å². The van der Waals surface area contributed by atoms with Gasteiger partial charge in [-0.05, 0) is 25.0 Å². The molecular formula is C14H16BrF2N. The average Bonchev–Trinajstić information content (AvgIpc) is 2.78. The summed E-state index contributed by atoms with van der Waals surface area (Å²) in [5.41, 5.74) is 1.84. The molecule has 1 aromatic rings. The van der Waals surface area contributed by atoms with E-state index in [2.05, 4.69) is 20.8 Å². The molecule has 1 aromatic carbocycles. The Balaban J connectivity index is 2.02. The first-order chi connectivity index (χ1) is 8.69.